The molecule has 2 aromatic heterocycles. The molecule has 29 heavy (non-hydrogen) atoms. The predicted octanol–water partition coefficient (Wildman–Crippen LogP) is 3.60. The summed E-state index contributed by atoms with van der Waals surface area (Å²) in [5, 5.41) is 1.19. The summed E-state index contributed by atoms with van der Waals surface area (Å²) in [6, 6.07) is 12.6. The van der Waals surface area contributed by atoms with Gasteiger partial charge in [0.15, 0.2) is 0 Å². The molecule has 2 aliphatic rings. The van der Waals surface area contributed by atoms with Crippen molar-refractivity contribution in [2.75, 3.05) is 57.3 Å². The van der Waals surface area contributed by atoms with Crippen molar-refractivity contribution in [2.45, 2.75) is 6.42 Å². The van der Waals surface area contributed by atoms with E-state index in [-0.39, 0.29) is 0 Å². The molecule has 150 valence electrons. The monoisotopic (exact) mass is 390 g/mol. The molecule has 0 atom stereocenters. The SMILES string of the molecule is COc1ccc(-c2cc(N3CCC4(COC4)C3)c3ccc(N(C)C)cc3n2)nc1. The van der Waals surface area contributed by atoms with E-state index < -0.39 is 0 Å². The van der Waals surface area contributed by atoms with Crippen LogP contribution >= 0.6 is 0 Å². The summed E-state index contributed by atoms with van der Waals surface area (Å²) in [7, 11) is 5.76. The van der Waals surface area contributed by atoms with Gasteiger partial charge in [-0.3, -0.25) is 4.98 Å². The van der Waals surface area contributed by atoms with E-state index in [9.17, 15) is 0 Å². The molecule has 2 saturated heterocycles. The first kappa shape index (κ1) is 18.2. The van der Waals surface area contributed by atoms with Crippen molar-refractivity contribution in [3.63, 3.8) is 0 Å². The number of hydrogen-bond acceptors (Lipinski definition) is 6. The summed E-state index contributed by atoms with van der Waals surface area (Å²) in [5.41, 5.74) is 5.43. The third kappa shape index (κ3) is 3.17. The van der Waals surface area contributed by atoms with Gasteiger partial charge in [-0.15, -0.1) is 0 Å². The number of rotatable bonds is 4. The maximum absolute atomic E-state index is 5.52. The maximum Gasteiger partial charge on any atom is 0.137 e. The Balaban J connectivity index is 1.63. The fourth-order valence-corrected chi connectivity index (χ4v) is 4.29. The Bertz CT molecular complexity index is 1040. The average molecular weight is 390 g/mol. The fourth-order valence-electron chi connectivity index (χ4n) is 4.29. The second kappa shape index (κ2) is 6.88. The molecule has 5 rings (SSSR count). The highest BCUT2D eigenvalue weighted by atomic mass is 16.5. The van der Waals surface area contributed by atoms with Gasteiger partial charge in [-0.25, -0.2) is 4.98 Å². The van der Waals surface area contributed by atoms with Gasteiger partial charge >= 0.3 is 0 Å². The number of benzene rings is 1. The van der Waals surface area contributed by atoms with E-state index in [0.29, 0.717) is 5.41 Å². The molecule has 1 spiro atoms. The van der Waals surface area contributed by atoms with Gasteiger partial charge in [0.2, 0.25) is 0 Å². The van der Waals surface area contributed by atoms with Gasteiger partial charge in [0.05, 0.1) is 43.4 Å². The number of methoxy groups -OCH3 is 1. The summed E-state index contributed by atoms with van der Waals surface area (Å²) in [5.74, 6) is 0.746. The van der Waals surface area contributed by atoms with E-state index in [1.165, 1.54) is 17.5 Å². The lowest BCUT2D eigenvalue weighted by molar-refractivity contribution is -0.0985. The van der Waals surface area contributed by atoms with Crippen molar-refractivity contribution < 1.29 is 9.47 Å². The quantitative estimate of drug-likeness (QED) is 0.679. The Morgan fingerprint density at radius 3 is 2.59 bits per heavy atom. The van der Waals surface area contributed by atoms with Crippen LogP contribution in [0.25, 0.3) is 22.3 Å². The van der Waals surface area contributed by atoms with Crippen molar-refractivity contribution in [1.29, 1.82) is 0 Å². The van der Waals surface area contributed by atoms with Crippen molar-refractivity contribution in [1.82, 2.24) is 9.97 Å². The number of fused-ring (bicyclic) bond motifs is 1. The zero-order valence-electron chi connectivity index (χ0n) is 17.2. The van der Waals surface area contributed by atoms with E-state index in [0.717, 1.165) is 54.6 Å². The largest absolute Gasteiger partial charge is 0.495 e. The van der Waals surface area contributed by atoms with E-state index in [2.05, 4.69) is 53.1 Å². The highest BCUT2D eigenvalue weighted by molar-refractivity contribution is 5.96. The highest BCUT2D eigenvalue weighted by Crippen LogP contribution is 2.42. The third-order valence-electron chi connectivity index (χ3n) is 6.12. The number of hydrogen-bond donors (Lipinski definition) is 0. The standard InChI is InChI=1S/C23H26N4O2/c1-26(2)16-4-6-18-20(10-16)25-21(19-7-5-17(28-3)12-24-19)11-22(18)27-9-8-23(13-27)14-29-15-23/h4-7,10-12H,8-9,13-15H2,1-3H3. The minimum absolute atomic E-state index is 0.331. The summed E-state index contributed by atoms with van der Waals surface area (Å²) in [4.78, 5) is 14.1. The predicted molar refractivity (Wildman–Crippen MR) is 116 cm³/mol. The lowest BCUT2D eigenvalue weighted by Gasteiger charge is -2.38. The van der Waals surface area contributed by atoms with Gasteiger partial charge in [-0.1, -0.05) is 0 Å². The number of anilines is 2. The van der Waals surface area contributed by atoms with Gasteiger partial charge in [-0.2, -0.15) is 0 Å². The summed E-state index contributed by atoms with van der Waals surface area (Å²) >= 11 is 0. The van der Waals surface area contributed by atoms with E-state index in [4.69, 9.17) is 14.5 Å². The zero-order chi connectivity index (χ0) is 20.0. The van der Waals surface area contributed by atoms with Crippen LogP contribution in [0.3, 0.4) is 0 Å². The summed E-state index contributed by atoms with van der Waals surface area (Å²) in [6.45, 7) is 3.85. The van der Waals surface area contributed by atoms with E-state index in [1.54, 1.807) is 13.3 Å². The van der Waals surface area contributed by atoms with Crippen LogP contribution in [0.15, 0.2) is 42.6 Å². The minimum Gasteiger partial charge on any atom is -0.495 e. The summed E-state index contributed by atoms with van der Waals surface area (Å²) < 4.78 is 10.8. The second-order valence-corrected chi connectivity index (χ2v) is 8.37. The van der Waals surface area contributed by atoms with Crippen LogP contribution < -0.4 is 14.5 Å². The molecule has 4 heterocycles. The molecule has 0 aliphatic carbocycles. The van der Waals surface area contributed by atoms with Gasteiger partial charge in [0.25, 0.3) is 0 Å². The molecule has 0 unspecified atom stereocenters. The van der Waals surface area contributed by atoms with Crippen molar-refractivity contribution >= 4 is 22.3 Å². The number of nitrogens with zero attached hydrogens (tertiary/aromatic N) is 4. The maximum atomic E-state index is 5.52. The van der Waals surface area contributed by atoms with E-state index >= 15 is 0 Å². The van der Waals surface area contributed by atoms with Gasteiger partial charge < -0.3 is 19.3 Å². The Morgan fingerprint density at radius 2 is 1.97 bits per heavy atom. The van der Waals surface area contributed by atoms with Crippen LogP contribution in [0.1, 0.15) is 6.42 Å². The van der Waals surface area contributed by atoms with Crippen molar-refractivity contribution in [3.8, 4) is 17.1 Å². The molecule has 6 nitrogen and oxygen atoms in total. The molecule has 3 aromatic rings. The Labute approximate surface area is 171 Å². The summed E-state index contributed by atoms with van der Waals surface area (Å²) in [6.07, 6.45) is 2.93. The lowest BCUT2D eigenvalue weighted by atomic mass is 9.85. The number of pyridine rings is 2. The molecule has 1 aromatic carbocycles. The zero-order valence-corrected chi connectivity index (χ0v) is 17.2. The van der Waals surface area contributed by atoms with Crippen LogP contribution in [0.4, 0.5) is 11.4 Å². The Hall–Kier alpha value is -2.86. The molecule has 0 saturated carbocycles. The minimum atomic E-state index is 0.331. The molecule has 0 amide bonds. The third-order valence-corrected chi connectivity index (χ3v) is 6.12. The van der Waals surface area contributed by atoms with Gasteiger partial charge in [0.1, 0.15) is 5.75 Å². The van der Waals surface area contributed by atoms with Crippen molar-refractivity contribution in [2.24, 2.45) is 5.41 Å². The topological polar surface area (TPSA) is 50.7 Å². The van der Waals surface area contributed by atoms with E-state index in [1.807, 2.05) is 12.1 Å². The number of aromatic nitrogens is 2. The molecule has 2 aliphatic heterocycles. The average Bonchev–Trinajstić information content (AvgIpc) is 3.19. The Kier molecular flexibility index (Phi) is 4.32. The van der Waals surface area contributed by atoms with Crippen molar-refractivity contribution in [3.05, 3.63) is 42.6 Å². The van der Waals surface area contributed by atoms with Crippen LogP contribution in [0, 0.1) is 5.41 Å². The van der Waals surface area contributed by atoms with Gasteiger partial charge in [-0.05, 0) is 42.8 Å². The fraction of sp³-hybridized carbons (Fsp3) is 0.391. The van der Waals surface area contributed by atoms with Crippen LogP contribution in [-0.2, 0) is 4.74 Å². The first-order valence-electron chi connectivity index (χ1n) is 10.0. The molecule has 2 fully saturated rings. The lowest BCUT2D eigenvalue weighted by Crippen LogP contribution is -2.44. The molecule has 0 N–H and O–H groups in total. The molecule has 0 radical (unpaired) electrons. The molecule has 6 heteroatoms. The molecular weight excluding hydrogens is 364 g/mol. The Morgan fingerprint density at radius 1 is 1.10 bits per heavy atom. The van der Waals surface area contributed by atoms with Crippen LogP contribution in [-0.4, -0.2) is 57.5 Å². The molecular formula is C23H26N4O2. The van der Waals surface area contributed by atoms with Crippen LogP contribution in [0.2, 0.25) is 0 Å². The van der Waals surface area contributed by atoms with Gasteiger partial charge in [0, 0.05) is 49.4 Å². The smallest absolute Gasteiger partial charge is 0.137 e. The second-order valence-electron chi connectivity index (χ2n) is 8.37. The highest BCUT2D eigenvalue weighted by Gasteiger charge is 2.44. The first-order chi connectivity index (χ1) is 14.1. The normalized spacial score (nSPS) is 17.6. The number of ether oxygens (including phenoxy) is 2. The first-order valence-corrected chi connectivity index (χ1v) is 10.0. The van der Waals surface area contributed by atoms with Crippen LogP contribution in [0.5, 0.6) is 5.75 Å². The molecule has 0 bridgehead atoms.